The van der Waals surface area contributed by atoms with Gasteiger partial charge in [0.05, 0.1) is 0 Å². The smallest absolute Gasteiger partial charge is 0.324 e. The van der Waals surface area contributed by atoms with Gasteiger partial charge in [0, 0.05) is 5.56 Å². The van der Waals surface area contributed by atoms with Crippen molar-refractivity contribution >= 4 is 11.9 Å². The fraction of sp³-hybridized carbons (Fsp3) is 0.444. The molecular formula is C18H20O4. The third-order valence-electron chi connectivity index (χ3n) is 3.89. The Labute approximate surface area is 130 Å². The minimum absolute atomic E-state index is 0.337. The number of carbonyl (C=O) groups excluding carboxylic acids is 1. The quantitative estimate of drug-likeness (QED) is 0.529. The average molecular weight is 300 g/mol. The van der Waals surface area contributed by atoms with Crippen LogP contribution in [0.3, 0.4) is 0 Å². The summed E-state index contributed by atoms with van der Waals surface area (Å²) in [4.78, 5) is 23.9. The van der Waals surface area contributed by atoms with E-state index in [9.17, 15) is 14.7 Å². The molecule has 2 rings (SSSR count). The minimum Gasteiger partial charge on any atom is -0.480 e. The Kier molecular flexibility index (Phi) is 4.56. The summed E-state index contributed by atoms with van der Waals surface area (Å²) >= 11 is 0. The molecule has 22 heavy (non-hydrogen) atoms. The highest BCUT2D eigenvalue weighted by atomic mass is 16.6. The van der Waals surface area contributed by atoms with Crippen molar-refractivity contribution < 1.29 is 19.4 Å². The van der Waals surface area contributed by atoms with Crippen molar-refractivity contribution in [2.45, 2.75) is 45.1 Å². The lowest BCUT2D eigenvalue weighted by atomic mass is 9.86. The van der Waals surface area contributed by atoms with Crippen molar-refractivity contribution in [2.75, 3.05) is 0 Å². The number of hydrogen-bond donors (Lipinski definition) is 1. The van der Waals surface area contributed by atoms with E-state index >= 15 is 0 Å². The Morgan fingerprint density at radius 1 is 1.18 bits per heavy atom. The third-order valence-corrected chi connectivity index (χ3v) is 3.89. The second kappa shape index (κ2) is 6.23. The van der Waals surface area contributed by atoms with Crippen LogP contribution in [-0.4, -0.2) is 22.6 Å². The van der Waals surface area contributed by atoms with Crippen LogP contribution in [0.5, 0.6) is 0 Å². The predicted molar refractivity (Wildman–Crippen MR) is 82.0 cm³/mol. The van der Waals surface area contributed by atoms with Crippen LogP contribution >= 0.6 is 0 Å². The molecule has 0 amide bonds. The van der Waals surface area contributed by atoms with Gasteiger partial charge in [-0.15, -0.1) is 0 Å². The molecule has 0 saturated heterocycles. The molecular weight excluding hydrogens is 280 g/mol. The van der Waals surface area contributed by atoms with Gasteiger partial charge in [0.1, 0.15) is 0 Å². The fourth-order valence-corrected chi connectivity index (χ4v) is 2.58. The first-order valence-electron chi connectivity index (χ1n) is 7.41. The molecule has 1 aliphatic rings. The van der Waals surface area contributed by atoms with Crippen LogP contribution < -0.4 is 0 Å². The van der Waals surface area contributed by atoms with E-state index in [0.29, 0.717) is 12.8 Å². The van der Waals surface area contributed by atoms with Crippen LogP contribution in [-0.2, 0) is 14.3 Å². The van der Waals surface area contributed by atoms with Crippen molar-refractivity contribution in [3.8, 4) is 11.8 Å². The zero-order valence-electron chi connectivity index (χ0n) is 12.9. The molecule has 1 aliphatic carbocycles. The van der Waals surface area contributed by atoms with Crippen LogP contribution in [0.25, 0.3) is 0 Å². The number of rotatable bonds is 3. The topological polar surface area (TPSA) is 63.6 Å². The Morgan fingerprint density at radius 3 is 2.32 bits per heavy atom. The molecule has 0 unspecified atom stereocenters. The lowest BCUT2D eigenvalue weighted by molar-refractivity contribution is -0.174. The van der Waals surface area contributed by atoms with Crippen molar-refractivity contribution in [1.82, 2.24) is 0 Å². The summed E-state index contributed by atoms with van der Waals surface area (Å²) in [6, 6.07) is 9.37. The van der Waals surface area contributed by atoms with E-state index in [4.69, 9.17) is 4.74 Å². The standard InChI is InChI=1S/C18H20O4/c1-17(2,13-10-14-8-4-3-5-9-14)22-16(21)18(15(19)20)11-6-7-12-18/h3-5,8-9H,6-7,11-12H2,1-2H3,(H,19,20). The van der Waals surface area contributed by atoms with Crippen LogP contribution in [0, 0.1) is 17.3 Å². The molecule has 0 atom stereocenters. The summed E-state index contributed by atoms with van der Waals surface area (Å²) in [7, 11) is 0. The summed E-state index contributed by atoms with van der Waals surface area (Å²) < 4.78 is 5.41. The highest BCUT2D eigenvalue weighted by Gasteiger charge is 2.51. The molecule has 1 fully saturated rings. The molecule has 1 N–H and O–H groups in total. The van der Waals surface area contributed by atoms with Crippen LogP contribution in [0.4, 0.5) is 0 Å². The molecule has 1 aromatic carbocycles. The largest absolute Gasteiger partial charge is 0.480 e. The number of carbonyl (C=O) groups is 2. The summed E-state index contributed by atoms with van der Waals surface area (Å²) in [6.45, 7) is 3.34. The molecule has 116 valence electrons. The molecule has 0 aliphatic heterocycles. The Balaban J connectivity index is 2.13. The Morgan fingerprint density at radius 2 is 1.77 bits per heavy atom. The molecule has 0 radical (unpaired) electrons. The van der Waals surface area contributed by atoms with Gasteiger partial charge in [0.2, 0.25) is 0 Å². The van der Waals surface area contributed by atoms with Gasteiger partial charge in [0.15, 0.2) is 11.0 Å². The van der Waals surface area contributed by atoms with E-state index in [1.807, 2.05) is 30.3 Å². The molecule has 1 aromatic rings. The third kappa shape index (κ3) is 3.48. The van der Waals surface area contributed by atoms with Gasteiger partial charge in [-0.3, -0.25) is 9.59 Å². The molecule has 0 spiro atoms. The predicted octanol–water partition coefficient (Wildman–Crippen LogP) is 3.00. The average Bonchev–Trinajstić information content (AvgIpc) is 2.97. The number of aliphatic carboxylic acids is 1. The SMILES string of the molecule is CC(C)(C#Cc1ccccc1)OC(=O)C1(C(=O)O)CCCC1. The summed E-state index contributed by atoms with van der Waals surface area (Å²) in [5, 5.41) is 9.40. The zero-order chi connectivity index (χ0) is 16.2. The van der Waals surface area contributed by atoms with Crippen molar-refractivity contribution in [3.63, 3.8) is 0 Å². The molecule has 0 bridgehead atoms. The number of benzene rings is 1. The Hall–Kier alpha value is -2.28. The summed E-state index contributed by atoms with van der Waals surface area (Å²) in [6.07, 6.45) is 2.14. The lowest BCUT2D eigenvalue weighted by Crippen LogP contribution is -2.42. The molecule has 0 aromatic heterocycles. The van der Waals surface area contributed by atoms with Crippen LogP contribution in [0.2, 0.25) is 0 Å². The Bertz CT molecular complexity index is 613. The van der Waals surface area contributed by atoms with Gasteiger partial charge in [-0.2, -0.15) is 0 Å². The maximum atomic E-state index is 12.4. The first kappa shape index (κ1) is 16.1. The van der Waals surface area contributed by atoms with E-state index in [0.717, 1.165) is 18.4 Å². The van der Waals surface area contributed by atoms with E-state index < -0.39 is 23.0 Å². The van der Waals surface area contributed by atoms with Crippen molar-refractivity contribution in [3.05, 3.63) is 35.9 Å². The van der Waals surface area contributed by atoms with Gasteiger partial charge in [-0.1, -0.05) is 42.9 Å². The van der Waals surface area contributed by atoms with Gasteiger partial charge in [-0.25, -0.2) is 0 Å². The maximum Gasteiger partial charge on any atom is 0.324 e. The minimum atomic E-state index is -1.40. The molecule has 1 saturated carbocycles. The second-order valence-electron chi connectivity index (χ2n) is 6.11. The number of esters is 1. The molecule has 4 nitrogen and oxygen atoms in total. The van der Waals surface area contributed by atoms with Crippen molar-refractivity contribution in [2.24, 2.45) is 5.41 Å². The highest BCUT2D eigenvalue weighted by molar-refractivity contribution is 5.99. The number of ether oxygens (including phenoxy) is 1. The summed E-state index contributed by atoms with van der Waals surface area (Å²) in [5.74, 6) is 4.08. The van der Waals surface area contributed by atoms with E-state index in [2.05, 4.69) is 11.8 Å². The van der Waals surface area contributed by atoms with E-state index in [1.54, 1.807) is 13.8 Å². The second-order valence-corrected chi connectivity index (χ2v) is 6.11. The maximum absolute atomic E-state index is 12.4. The monoisotopic (exact) mass is 300 g/mol. The van der Waals surface area contributed by atoms with Crippen LogP contribution in [0.15, 0.2) is 30.3 Å². The van der Waals surface area contributed by atoms with Gasteiger partial charge < -0.3 is 9.84 Å². The van der Waals surface area contributed by atoms with Crippen LogP contribution in [0.1, 0.15) is 45.1 Å². The van der Waals surface area contributed by atoms with Gasteiger partial charge >= 0.3 is 11.9 Å². The summed E-state index contributed by atoms with van der Waals surface area (Å²) in [5.41, 5.74) is -1.61. The first-order chi connectivity index (χ1) is 10.4. The number of carboxylic acid groups (broad SMARTS) is 1. The fourth-order valence-electron chi connectivity index (χ4n) is 2.58. The number of hydrogen-bond acceptors (Lipinski definition) is 3. The normalized spacial score (nSPS) is 16.5. The van der Waals surface area contributed by atoms with E-state index in [-0.39, 0.29) is 0 Å². The van der Waals surface area contributed by atoms with Gasteiger partial charge in [-0.05, 0) is 38.8 Å². The molecule has 4 heteroatoms. The highest BCUT2D eigenvalue weighted by Crippen LogP contribution is 2.40. The lowest BCUT2D eigenvalue weighted by Gasteiger charge is -2.27. The zero-order valence-corrected chi connectivity index (χ0v) is 12.9. The molecule has 0 heterocycles. The van der Waals surface area contributed by atoms with Gasteiger partial charge in [0.25, 0.3) is 0 Å². The van der Waals surface area contributed by atoms with E-state index in [1.165, 1.54) is 0 Å². The first-order valence-corrected chi connectivity index (χ1v) is 7.41. The van der Waals surface area contributed by atoms with Crippen molar-refractivity contribution in [1.29, 1.82) is 0 Å². The number of carboxylic acids is 1.